The van der Waals surface area contributed by atoms with Gasteiger partial charge < -0.3 is 10.1 Å². The normalized spacial score (nSPS) is 10.4. The van der Waals surface area contributed by atoms with Gasteiger partial charge in [0.15, 0.2) is 6.61 Å². The van der Waals surface area contributed by atoms with E-state index in [1.165, 1.54) is 10.7 Å². The number of nitrogens with zero attached hydrogens (tertiary/aromatic N) is 2. The third-order valence-electron chi connectivity index (χ3n) is 4.14. The Morgan fingerprint density at radius 3 is 2.52 bits per heavy atom. The van der Waals surface area contributed by atoms with Crippen LogP contribution in [0.3, 0.4) is 0 Å². The zero-order chi connectivity index (χ0) is 19.2. The van der Waals surface area contributed by atoms with E-state index in [0.717, 1.165) is 23.3 Å². The lowest BCUT2D eigenvalue weighted by Crippen LogP contribution is -2.20. The molecule has 1 N–H and O–H groups in total. The number of amides is 1. The largest absolute Gasteiger partial charge is 0.483 e. The first kappa shape index (κ1) is 18.4. The molecule has 138 valence electrons. The van der Waals surface area contributed by atoms with E-state index in [1.807, 2.05) is 43.3 Å². The van der Waals surface area contributed by atoms with Crippen molar-refractivity contribution in [3.63, 3.8) is 0 Å². The molecule has 6 nitrogen and oxygen atoms in total. The number of aromatic nitrogens is 2. The second-order valence-corrected chi connectivity index (χ2v) is 6.06. The van der Waals surface area contributed by atoms with Crippen LogP contribution in [-0.4, -0.2) is 22.3 Å². The van der Waals surface area contributed by atoms with Crippen LogP contribution in [0.5, 0.6) is 5.75 Å². The van der Waals surface area contributed by atoms with Crippen LogP contribution >= 0.6 is 0 Å². The number of aryl methyl sites for hydroxylation is 2. The van der Waals surface area contributed by atoms with Crippen molar-refractivity contribution in [1.29, 1.82) is 0 Å². The SMILES string of the molecule is CCc1ccccc1OCC(=O)Nc1ccc(-c2ccc(=O)n(C)n2)cc1. The molecular weight excluding hydrogens is 342 g/mol. The van der Waals surface area contributed by atoms with Gasteiger partial charge in [0.05, 0.1) is 5.69 Å². The topological polar surface area (TPSA) is 73.2 Å². The van der Waals surface area contributed by atoms with E-state index in [1.54, 1.807) is 25.2 Å². The third-order valence-corrected chi connectivity index (χ3v) is 4.14. The van der Waals surface area contributed by atoms with Gasteiger partial charge in [-0.05, 0) is 36.2 Å². The summed E-state index contributed by atoms with van der Waals surface area (Å²) in [5.41, 5.74) is 3.12. The molecule has 0 atom stereocenters. The summed E-state index contributed by atoms with van der Waals surface area (Å²) in [6.07, 6.45) is 0.846. The fraction of sp³-hybridized carbons (Fsp3) is 0.190. The average Bonchev–Trinajstić information content (AvgIpc) is 2.69. The molecule has 3 rings (SSSR count). The standard InChI is InChI=1S/C21H21N3O3/c1-3-15-6-4-5-7-19(15)27-14-20(25)22-17-10-8-16(9-11-17)18-12-13-21(26)24(2)23-18/h4-13H,3,14H2,1-2H3,(H,22,25). The Morgan fingerprint density at radius 2 is 1.81 bits per heavy atom. The Hall–Kier alpha value is -3.41. The summed E-state index contributed by atoms with van der Waals surface area (Å²) in [5, 5.41) is 7.02. The highest BCUT2D eigenvalue weighted by atomic mass is 16.5. The van der Waals surface area contributed by atoms with E-state index in [-0.39, 0.29) is 18.1 Å². The van der Waals surface area contributed by atoms with Gasteiger partial charge in [-0.2, -0.15) is 5.10 Å². The molecule has 0 aliphatic heterocycles. The van der Waals surface area contributed by atoms with E-state index in [9.17, 15) is 9.59 Å². The highest BCUT2D eigenvalue weighted by molar-refractivity contribution is 5.92. The Kier molecular flexibility index (Phi) is 5.66. The van der Waals surface area contributed by atoms with E-state index < -0.39 is 0 Å². The molecule has 0 bridgehead atoms. The van der Waals surface area contributed by atoms with Crippen LogP contribution in [0.2, 0.25) is 0 Å². The molecule has 0 aliphatic rings. The molecule has 0 fully saturated rings. The number of rotatable bonds is 6. The predicted octanol–water partition coefficient (Wildman–Crippen LogP) is 3.03. The van der Waals surface area contributed by atoms with Gasteiger partial charge in [-0.1, -0.05) is 37.3 Å². The average molecular weight is 363 g/mol. The van der Waals surface area contributed by atoms with Crippen LogP contribution in [0, 0.1) is 0 Å². The summed E-state index contributed by atoms with van der Waals surface area (Å²) in [7, 11) is 1.61. The number of nitrogens with one attached hydrogen (secondary N) is 1. The van der Waals surface area contributed by atoms with Gasteiger partial charge in [-0.15, -0.1) is 0 Å². The molecule has 1 amide bonds. The van der Waals surface area contributed by atoms with E-state index in [2.05, 4.69) is 10.4 Å². The van der Waals surface area contributed by atoms with Crippen molar-refractivity contribution in [3.05, 3.63) is 76.6 Å². The monoisotopic (exact) mass is 363 g/mol. The van der Waals surface area contributed by atoms with Gasteiger partial charge in [0.1, 0.15) is 5.75 Å². The fourth-order valence-electron chi connectivity index (χ4n) is 2.66. The molecule has 0 aliphatic carbocycles. The first-order valence-corrected chi connectivity index (χ1v) is 8.72. The van der Waals surface area contributed by atoms with Crippen LogP contribution < -0.4 is 15.6 Å². The van der Waals surface area contributed by atoms with Gasteiger partial charge in [-0.3, -0.25) is 9.59 Å². The summed E-state index contributed by atoms with van der Waals surface area (Å²) < 4.78 is 6.91. The van der Waals surface area contributed by atoms with Crippen LogP contribution in [0.4, 0.5) is 5.69 Å². The van der Waals surface area contributed by atoms with Crippen molar-refractivity contribution in [2.45, 2.75) is 13.3 Å². The predicted molar refractivity (Wildman–Crippen MR) is 105 cm³/mol. The minimum Gasteiger partial charge on any atom is -0.483 e. The van der Waals surface area contributed by atoms with Crippen LogP contribution in [0.25, 0.3) is 11.3 Å². The number of carbonyl (C=O) groups is 1. The number of anilines is 1. The Balaban J connectivity index is 1.61. The molecule has 0 radical (unpaired) electrons. The fourth-order valence-corrected chi connectivity index (χ4v) is 2.66. The maximum absolute atomic E-state index is 12.1. The second-order valence-electron chi connectivity index (χ2n) is 6.06. The van der Waals surface area contributed by atoms with Crippen LogP contribution in [0.1, 0.15) is 12.5 Å². The minimum absolute atomic E-state index is 0.0544. The summed E-state index contributed by atoms with van der Waals surface area (Å²) in [5.74, 6) is 0.500. The maximum atomic E-state index is 12.1. The van der Waals surface area contributed by atoms with Crippen LogP contribution in [-0.2, 0) is 18.3 Å². The lowest BCUT2D eigenvalue weighted by molar-refractivity contribution is -0.118. The molecule has 2 aromatic carbocycles. The number of hydrogen-bond acceptors (Lipinski definition) is 4. The molecule has 0 unspecified atom stereocenters. The van der Waals surface area contributed by atoms with Gasteiger partial charge >= 0.3 is 0 Å². The van der Waals surface area contributed by atoms with Crippen molar-refractivity contribution in [2.75, 3.05) is 11.9 Å². The number of ether oxygens (including phenoxy) is 1. The summed E-state index contributed by atoms with van der Waals surface area (Å²) in [6.45, 7) is 1.99. The molecule has 1 aromatic heterocycles. The van der Waals surface area contributed by atoms with Gasteiger partial charge in [0.2, 0.25) is 0 Å². The molecule has 3 aromatic rings. The number of hydrogen-bond donors (Lipinski definition) is 1. The highest BCUT2D eigenvalue weighted by Crippen LogP contribution is 2.20. The number of carbonyl (C=O) groups excluding carboxylic acids is 1. The van der Waals surface area contributed by atoms with Crippen molar-refractivity contribution in [2.24, 2.45) is 7.05 Å². The molecular formula is C21H21N3O3. The van der Waals surface area contributed by atoms with E-state index in [0.29, 0.717) is 11.4 Å². The van der Waals surface area contributed by atoms with Crippen LogP contribution in [0.15, 0.2) is 65.5 Å². The first-order valence-electron chi connectivity index (χ1n) is 8.72. The third kappa shape index (κ3) is 4.61. The number of para-hydroxylation sites is 1. The van der Waals surface area contributed by atoms with Crippen molar-refractivity contribution in [3.8, 4) is 17.0 Å². The molecule has 0 saturated carbocycles. The van der Waals surface area contributed by atoms with Crippen molar-refractivity contribution in [1.82, 2.24) is 9.78 Å². The lowest BCUT2D eigenvalue weighted by Gasteiger charge is -2.11. The lowest BCUT2D eigenvalue weighted by atomic mass is 10.1. The van der Waals surface area contributed by atoms with Crippen molar-refractivity contribution >= 4 is 11.6 Å². The van der Waals surface area contributed by atoms with Gasteiger partial charge in [-0.25, -0.2) is 4.68 Å². The molecule has 0 spiro atoms. The molecule has 6 heteroatoms. The van der Waals surface area contributed by atoms with Crippen molar-refractivity contribution < 1.29 is 9.53 Å². The Labute approximate surface area is 157 Å². The Morgan fingerprint density at radius 1 is 1.07 bits per heavy atom. The quantitative estimate of drug-likeness (QED) is 0.731. The maximum Gasteiger partial charge on any atom is 0.266 e. The summed E-state index contributed by atoms with van der Waals surface area (Å²) in [6, 6.07) is 18.1. The zero-order valence-electron chi connectivity index (χ0n) is 15.3. The minimum atomic E-state index is -0.228. The van der Waals surface area contributed by atoms with Gasteiger partial charge in [0.25, 0.3) is 11.5 Å². The van der Waals surface area contributed by atoms with E-state index >= 15 is 0 Å². The first-order chi connectivity index (χ1) is 13.1. The summed E-state index contributed by atoms with van der Waals surface area (Å²) >= 11 is 0. The summed E-state index contributed by atoms with van der Waals surface area (Å²) in [4.78, 5) is 23.6. The highest BCUT2D eigenvalue weighted by Gasteiger charge is 2.07. The zero-order valence-corrected chi connectivity index (χ0v) is 15.3. The second kappa shape index (κ2) is 8.31. The van der Waals surface area contributed by atoms with Gasteiger partial charge in [0, 0.05) is 24.4 Å². The Bertz CT molecular complexity index is 994. The number of benzene rings is 2. The molecule has 1 heterocycles. The molecule has 0 saturated heterocycles. The molecule has 27 heavy (non-hydrogen) atoms. The van der Waals surface area contributed by atoms with E-state index in [4.69, 9.17) is 4.74 Å². The smallest absolute Gasteiger partial charge is 0.266 e.